The smallest absolute Gasteiger partial charge is 0.306 e. The summed E-state index contributed by atoms with van der Waals surface area (Å²) in [5, 5.41) is 14.8. The molecule has 1 aliphatic rings. The first-order valence-corrected chi connectivity index (χ1v) is 9.03. The molecule has 1 saturated carbocycles. The molecule has 2 amide bonds. The Kier molecular flexibility index (Phi) is 5.86. The zero-order valence-corrected chi connectivity index (χ0v) is 14.9. The van der Waals surface area contributed by atoms with Crippen LogP contribution in [-0.2, 0) is 4.79 Å². The van der Waals surface area contributed by atoms with E-state index >= 15 is 0 Å². The molecule has 0 aliphatic heterocycles. The van der Waals surface area contributed by atoms with Crippen LogP contribution in [0.5, 0.6) is 0 Å². The summed E-state index contributed by atoms with van der Waals surface area (Å²) in [5.74, 6) is -1.45. The molecule has 0 atom stereocenters. The number of benzene rings is 2. The van der Waals surface area contributed by atoms with Crippen molar-refractivity contribution in [2.75, 3.05) is 5.32 Å². The number of hydrogen-bond acceptors (Lipinski definition) is 3. The number of hydrogen-bond donors (Lipinski definition) is 3. The van der Waals surface area contributed by atoms with Gasteiger partial charge < -0.3 is 15.7 Å². The van der Waals surface area contributed by atoms with Gasteiger partial charge in [0.05, 0.1) is 5.92 Å². The quantitative estimate of drug-likeness (QED) is 0.756. The maximum Gasteiger partial charge on any atom is 0.306 e. The van der Waals surface area contributed by atoms with E-state index in [1.54, 1.807) is 48.5 Å². The number of aliphatic carboxylic acids is 1. The third kappa shape index (κ3) is 4.94. The highest BCUT2D eigenvalue weighted by atomic mass is 16.4. The second-order valence-corrected chi connectivity index (χ2v) is 6.76. The van der Waals surface area contributed by atoms with E-state index in [0.717, 1.165) is 0 Å². The lowest BCUT2D eigenvalue weighted by Crippen LogP contribution is -2.38. The number of carboxylic acids is 1. The summed E-state index contributed by atoms with van der Waals surface area (Å²) in [7, 11) is 0. The van der Waals surface area contributed by atoms with Crippen LogP contribution in [0.25, 0.3) is 0 Å². The Morgan fingerprint density at radius 2 is 1.37 bits per heavy atom. The monoisotopic (exact) mass is 366 g/mol. The molecule has 0 bridgehead atoms. The summed E-state index contributed by atoms with van der Waals surface area (Å²) in [6.07, 6.45) is 2.53. The lowest BCUT2D eigenvalue weighted by molar-refractivity contribution is -0.142. The summed E-state index contributed by atoms with van der Waals surface area (Å²) >= 11 is 0. The van der Waals surface area contributed by atoms with Gasteiger partial charge in [-0.25, -0.2) is 0 Å². The van der Waals surface area contributed by atoms with Gasteiger partial charge in [-0.05, 0) is 62.1 Å². The summed E-state index contributed by atoms with van der Waals surface area (Å²) in [4.78, 5) is 35.5. The van der Waals surface area contributed by atoms with Gasteiger partial charge in [-0.2, -0.15) is 0 Å². The van der Waals surface area contributed by atoms with Gasteiger partial charge >= 0.3 is 5.97 Å². The summed E-state index contributed by atoms with van der Waals surface area (Å²) in [5.41, 5.74) is 1.69. The average molecular weight is 366 g/mol. The Morgan fingerprint density at radius 3 is 1.96 bits per heavy atom. The van der Waals surface area contributed by atoms with E-state index in [1.165, 1.54) is 0 Å². The topological polar surface area (TPSA) is 95.5 Å². The van der Waals surface area contributed by atoms with Crippen LogP contribution in [-0.4, -0.2) is 28.9 Å². The lowest BCUT2D eigenvalue weighted by atomic mass is 9.86. The summed E-state index contributed by atoms with van der Waals surface area (Å²) in [6.45, 7) is 0. The van der Waals surface area contributed by atoms with Crippen molar-refractivity contribution in [3.63, 3.8) is 0 Å². The molecule has 0 aromatic heterocycles. The molecular weight excluding hydrogens is 344 g/mol. The van der Waals surface area contributed by atoms with Gasteiger partial charge in [0, 0.05) is 22.9 Å². The zero-order valence-electron chi connectivity index (χ0n) is 14.9. The molecule has 6 heteroatoms. The Hall–Kier alpha value is -3.15. The van der Waals surface area contributed by atoms with E-state index in [4.69, 9.17) is 5.11 Å². The number of carboxylic acid groups (broad SMARTS) is 1. The van der Waals surface area contributed by atoms with E-state index in [1.807, 2.05) is 6.07 Å². The standard InChI is InChI=1S/C21H22N2O4/c24-19(14-4-2-1-3-5-14)22-17-10-6-15(7-11-17)20(25)23-18-12-8-16(9-13-18)21(26)27/h1-7,10-11,16,18H,8-9,12-13H2,(H,22,24)(H,23,25)(H,26,27). The lowest BCUT2D eigenvalue weighted by Gasteiger charge is -2.26. The Balaban J connectivity index is 1.53. The molecular formula is C21H22N2O4. The van der Waals surface area contributed by atoms with Crippen LogP contribution in [0.3, 0.4) is 0 Å². The zero-order chi connectivity index (χ0) is 19.2. The second kappa shape index (κ2) is 8.49. The minimum Gasteiger partial charge on any atom is -0.481 e. The minimum absolute atomic E-state index is 0.00515. The molecule has 0 spiro atoms. The number of anilines is 1. The van der Waals surface area contributed by atoms with Gasteiger partial charge in [0.1, 0.15) is 0 Å². The SMILES string of the molecule is O=C(Nc1ccc(C(=O)NC2CCC(C(=O)O)CC2)cc1)c1ccccc1. The fraction of sp³-hybridized carbons (Fsp3) is 0.286. The van der Waals surface area contributed by atoms with Crippen molar-refractivity contribution < 1.29 is 19.5 Å². The number of carbonyl (C=O) groups is 3. The molecule has 1 fully saturated rings. The number of carbonyl (C=O) groups excluding carboxylic acids is 2. The second-order valence-electron chi connectivity index (χ2n) is 6.76. The van der Waals surface area contributed by atoms with Crippen molar-refractivity contribution in [2.45, 2.75) is 31.7 Å². The van der Waals surface area contributed by atoms with Crippen molar-refractivity contribution in [3.8, 4) is 0 Å². The molecule has 2 aromatic rings. The van der Waals surface area contributed by atoms with E-state index in [9.17, 15) is 14.4 Å². The fourth-order valence-corrected chi connectivity index (χ4v) is 3.25. The third-order valence-electron chi connectivity index (χ3n) is 4.85. The fourth-order valence-electron chi connectivity index (χ4n) is 3.25. The molecule has 3 rings (SSSR count). The molecule has 0 radical (unpaired) electrons. The van der Waals surface area contributed by atoms with Gasteiger partial charge in [-0.3, -0.25) is 14.4 Å². The highest BCUT2D eigenvalue weighted by molar-refractivity contribution is 6.04. The van der Waals surface area contributed by atoms with Crippen molar-refractivity contribution >= 4 is 23.5 Å². The van der Waals surface area contributed by atoms with E-state index in [-0.39, 0.29) is 23.8 Å². The van der Waals surface area contributed by atoms with Crippen LogP contribution in [0.4, 0.5) is 5.69 Å². The van der Waals surface area contributed by atoms with E-state index in [2.05, 4.69) is 10.6 Å². The van der Waals surface area contributed by atoms with Gasteiger partial charge in [0.2, 0.25) is 0 Å². The molecule has 0 heterocycles. The first kappa shape index (κ1) is 18.6. The molecule has 0 unspecified atom stereocenters. The normalized spacial score (nSPS) is 19.1. The molecule has 1 aliphatic carbocycles. The molecule has 3 N–H and O–H groups in total. The van der Waals surface area contributed by atoms with Crippen molar-refractivity contribution in [2.24, 2.45) is 5.92 Å². The van der Waals surface area contributed by atoms with Crippen LogP contribution in [0.15, 0.2) is 54.6 Å². The summed E-state index contributed by atoms with van der Waals surface area (Å²) in [6, 6.07) is 15.6. The molecule has 2 aromatic carbocycles. The van der Waals surface area contributed by atoms with Crippen molar-refractivity contribution in [3.05, 3.63) is 65.7 Å². The first-order chi connectivity index (χ1) is 13.0. The van der Waals surface area contributed by atoms with Crippen LogP contribution >= 0.6 is 0 Å². The molecule has 6 nitrogen and oxygen atoms in total. The number of rotatable bonds is 5. The maximum absolute atomic E-state index is 12.4. The highest BCUT2D eigenvalue weighted by Gasteiger charge is 2.26. The van der Waals surface area contributed by atoms with Gasteiger partial charge in [0.15, 0.2) is 0 Å². The largest absolute Gasteiger partial charge is 0.481 e. The van der Waals surface area contributed by atoms with Gasteiger partial charge in [-0.1, -0.05) is 18.2 Å². The predicted octanol–water partition coefficient (Wildman–Crippen LogP) is 3.31. The van der Waals surface area contributed by atoms with Gasteiger partial charge in [0.25, 0.3) is 11.8 Å². The Morgan fingerprint density at radius 1 is 0.778 bits per heavy atom. The minimum atomic E-state index is -0.757. The molecule has 0 saturated heterocycles. The Labute approximate surface area is 157 Å². The van der Waals surface area contributed by atoms with Crippen LogP contribution in [0.2, 0.25) is 0 Å². The molecule has 140 valence electrons. The summed E-state index contributed by atoms with van der Waals surface area (Å²) < 4.78 is 0. The maximum atomic E-state index is 12.4. The van der Waals surface area contributed by atoms with Gasteiger partial charge in [-0.15, -0.1) is 0 Å². The van der Waals surface area contributed by atoms with E-state index < -0.39 is 5.97 Å². The molecule has 27 heavy (non-hydrogen) atoms. The van der Waals surface area contributed by atoms with Crippen LogP contribution in [0.1, 0.15) is 46.4 Å². The first-order valence-electron chi connectivity index (χ1n) is 9.03. The van der Waals surface area contributed by atoms with Crippen molar-refractivity contribution in [1.82, 2.24) is 5.32 Å². The number of nitrogens with one attached hydrogen (secondary N) is 2. The van der Waals surface area contributed by atoms with Crippen LogP contribution in [0, 0.1) is 5.92 Å². The van der Waals surface area contributed by atoms with Crippen LogP contribution < -0.4 is 10.6 Å². The third-order valence-corrected chi connectivity index (χ3v) is 4.85. The highest BCUT2D eigenvalue weighted by Crippen LogP contribution is 2.24. The number of amides is 2. The predicted molar refractivity (Wildman–Crippen MR) is 102 cm³/mol. The van der Waals surface area contributed by atoms with Crippen molar-refractivity contribution in [1.29, 1.82) is 0 Å². The van der Waals surface area contributed by atoms with E-state index in [0.29, 0.717) is 42.5 Å². The Bertz CT molecular complexity index is 810. The average Bonchev–Trinajstić information content (AvgIpc) is 2.69.